The smallest absolute Gasteiger partial charge is 0.496 e. The number of rotatable bonds is 5. The Balaban J connectivity index is 2.80. The van der Waals surface area contributed by atoms with Crippen molar-refractivity contribution in [2.75, 3.05) is 7.11 Å². The molecule has 0 aromatic heterocycles. The third-order valence-electron chi connectivity index (χ3n) is 2.24. The van der Waals surface area contributed by atoms with E-state index in [1.807, 2.05) is 18.2 Å². The van der Waals surface area contributed by atoms with Crippen LogP contribution in [0.2, 0.25) is 0 Å². The average Bonchev–Trinajstić information content (AvgIpc) is 2.27. The lowest BCUT2D eigenvalue weighted by molar-refractivity contribution is 0.0847. The van der Waals surface area contributed by atoms with Crippen molar-refractivity contribution in [1.82, 2.24) is 0 Å². The zero-order valence-electron chi connectivity index (χ0n) is 9.53. The molecule has 0 spiro atoms. The van der Waals surface area contributed by atoms with Crippen molar-refractivity contribution < 1.29 is 19.4 Å². The normalized spacial score (nSPS) is 9.88. The van der Waals surface area contributed by atoms with Gasteiger partial charge >= 0.3 is 6.16 Å². The van der Waals surface area contributed by atoms with Gasteiger partial charge in [-0.15, -0.1) is 0 Å². The minimum absolute atomic E-state index is 0.0188. The summed E-state index contributed by atoms with van der Waals surface area (Å²) in [5.74, 6) is 0.673. The summed E-state index contributed by atoms with van der Waals surface area (Å²) in [7, 11) is 1.56. The summed E-state index contributed by atoms with van der Waals surface area (Å²) in [6.07, 6.45) is 0.768. The van der Waals surface area contributed by atoms with E-state index in [-0.39, 0.29) is 6.61 Å². The molecular formula is C12H16O4. The molecule has 0 saturated heterocycles. The van der Waals surface area contributed by atoms with Crippen LogP contribution in [0.5, 0.6) is 5.75 Å². The maximum atomic E-state index is 10.3. The maximum absolute atomic E-state index is 10.3. The van der Waals surface area contributed by atoms with Crippen LogP contribution in [0.15, 0.2) is 18.2 Å². The Morgan fingerprint density at radius 1 is 1.44 bits per heavy atom. The van der Waals surface area contributed by atoms with Crippen LogP contribution in [0, 0.1) is 0 Å². The van der Waals surface area contributed by atoms with Crippen LogP contribution in [0.1, 0.15) is 24.5 Å². The van der Waals surface area contributed by atoms with Gasteiger partial charge in [-0.05, 0) is 18.1 Å². The van der Waals surface area contributed by atoms with Crippen molar-refractivity contribution in [2.24, 2.45) is 0 Å². The monoisotopic (exact) mass is 224 g/mol. The van der Waals surface area contributed by atoms with Gasteiger partial charge in [-0.2, -0.15) is 0 Å². The van der Waals surface area contributed by atoms with Crippen LogP contribution < -0.4 is 4.74 Å². The van der Waals surface area contributed by atoms with E-state index in [9.17, 15) is 4.79 Å². The zero-order chi connectivity index (χ0) is 12.0. The van der Waals surface area contributed by atoms with Gasteiger partial charge in [0, 0.05) is 5.56 Å². The van der Waals surface area contributed by atoms with E-state index in [2.05, 4.69) is 11.7 Å². The Bertz CT molecular complexity index is 360. The third kappa shape index (κ3) is 3.46. The fourth-order valence-corrected chi connectivity index (χ4v) is 1.49. The summed E-state index contributed by atoms with van der Waals surface area (Å²) < 4.78 is 9.70. The number of hydrogen-bond donors (Lipinski definition) is 1. The summed E-state index contributed by atoms with van der Waals surface area (Å²) >= 11 is 0. The molecule has 0 bridgehead atoms. The van der Waals surface area contributed by atoms with Crippen molar-refractivity contribution >= 4 is 6.16 Å². The predicted octanol–water partition coefficient (Wildman–Crippen LogP) is 2.84. The number of aryl methyl sites for hydroxylation is 1. The van der Waals surface area contributed by atoms with Gasteiger partial charge in [-0.1, -0.05) is 25.5 Å². The van der Waals surface area contributed by atoms with E-state index >= 15 is 0 Å². The number of benzene rings is 1. The predicted molar refractivity (Wildman–Crippen MR) is 59.8 cm³/mol. The zero-order valence-corrected chi connectivity index (χ0v) is 9.53. The van der Waals surface area contributed by atoms with E-state index < -0.39 is 6.16 Å². The first-order chi connectivity index (χ1) is 7.67. The highest BCUT2D eigenvalue weighted by molar-refractivity contribution is 5.57. The van der Waals surface area contributed by atoms with Gasteiger partial charge < -0.3 is 14.6 Å². The van der Waals surface area contributed by atoms with Crippen molar-refractivity contribution in [3.05, 3.63) is 29.3 Å². The van der Waals surface area contributed by atoms with Gasteiger partial charge in [0.05, 0.1) is 7.11 Å². The summed E-state index contributed by atoms with van der Waals surface area (Å²) in [5, 5.41) is 8.41. The van der Waals surface area contributed by atoms with Crippen LogP contribution in [0.25, 0.3) is 0 Å². The number of carbonyl (C=O) groups is 1. The summed E-state index contributed by atoms with van der Waals surface area (Å²) in [4.78, 5) is 10.3. The van der Waals surface area contributed by atoms with Crippen LogP contribution in [0.3, 0.4) is 0 Å². The Hall–Kier alpha value is -1.71. The molecular weight excluding hydrogens is 208 g/mol. The molecule has 0 fully saturated rings. The summed E-state index contributed by atoms with van der Waals surface area (Å²) in [6, 6.07) is 5.73. The van der Waals surface area contributed by atoms with Gasteiger partial charge in [0.15, 0.2) is 0 Å². The molecule has 0 radical (unpaired) electrons. The number of ether oxygens (including phenoxy) is 2. The van der Waals surface area contributed by atoms with Crippen LogP contribution in [0.4, 0.5) is 4.79 Å². The fraction of sp³-hybridized carbons (Fsp3) is 0.417. The minimum atomic E-state index is -1.28. The molecule has 88 valence electrons. The van der Waals surface area contributed by atoms with Gasteiger partial charge in [0.2, 0.25) is 0 Å². The van der Waals surface area contributed by atoms with Crippen LogP contribution >= 0.6 is 0 Å². The Morgan fingerprint density at radius 2 is 2.19 bits per heavy atom. The largest absolute Gasteiger partial charge is 0.506 e. The Morgan fingerprint density at radius 3 is 2.75 bits per heavy atom. The first kappa shape index (κ1) is 12.4. The van der Waals surface area contributed by atoms with Gasteiger partial charge in [0.25, 0.3) is 0 Å². The molecule has 0 saturated carbocycles. The number of hydrogen-bond acceptors (Lipinski definition) is 3. The van der Waals surface area contributed by atoms with E-state index in [4.69, 9.17) is 9.84 Å². The van der Waals surface area contributed by atoms with Gasteiger partial charge in [0.1, 0.15) is 12.4 Å². The first-order valence-electron chi connectivity index (χ1n) is 5.19. The standard InChI is InChI=1S/C12H16O4/c1-3-4-9-5-6-10(8-16-12(13)14)11(7-9)15-2/h5-7H,3-4,8H2,1-2H3,(H,13,14). The van der Waals surface area contributed by atoms with Gasteiger partial charge in [-0.25, -0.2) is 4.79 Å². The van der Waals surface area contributed by atoms with Crippen LogP contribution in [-0.4, -0.2) is 18.4 Å². The number of carboxylic acid groups (broad SMARTS) is 1. The molecule has 1 aromatic carbocycles. The van der Waals surface area contributed by atoms with Crippen molar-refractivity contribution in [1.29, 1.82) is 0 Å². The maximum Gasteiger partial charge on any atom is 0.506 e. The fourth-order valence-electron chi connectivity index (χ4n) is 1.49. The molecule has 4 heteroatoms. The SMILES string of the molecule is CCCc1ccc(COC(=O)O)c(OC)c1. The van der Waals surface area contributed by atoms with Crippen LogP contribution in [-0.2, 0) is 17.8 Å². The molecule has 1 N–H and O–H groups in total. The average molecular weight is 224 g/mol. The molecule has 4 nitrogen and oxygen atoms in total. The highest BCUT2D eigenvalue weighted by Crippen LogP contribution is 2.21. The Labute approximate surface area is 94.8 Å². The quantitative estimate of drug-likeness (QED) is 0.781. The Kier molecular flexibility index (Phi) is 4.64. The van der Waals surface area contributed by atoms with Gasteiger partial charge in [-0.3, -0.25) is 0 Å². The van der Waals surface area contributed by atoms with Crippen molar-refractivity contribution in [3.63, 3.8) is 0 Å². The van der Waals surface area contributed by atoms with E-state index in [0.717, 1.165) is 18.4 Å². The number of methoxy groups -OCH3 is 1. The highest BCUT2D eigenvalue weighted by Gasteiger charge is 2.06. The molecule has 0 atom stereocenters. The van der Waals surface area contributed by atoms with E-state index in [0.29, 0.717) is 5.75 Å². The lowest BCUT2D eigenvalue weighted by Gasteiger charge is -2.09. The highest BCUT2D eigenvalue weighted by atomic mass is 16.7. The lowest BCUT2D eigenvalue weighted by atomic mass is 10.1. The molecule has 1 rings (SSSR count). The second-order valence-corrected chi connectivity index (χ2v) is 3.45. The van der Waals surface area contributed by atoms with E-state index in [1.165, 1.54) is 5.56 Å². The molecule has 0 amide bonds. The summed E-state index contributed by atoms with van der Waals surface area (Å²) in [6.45, 7) is 2.12. The summed E-state index contributed by atoms with van der Waals surface area (Å²) in [5.41, 5.74) is 1.92. The lowest BCUT2D eigenvalue weighted by Crippen LogP contribution is -2.02. The third-order valence-corrected chi connectivity index (χ3v) is 2.24. The van der Waals surface area contributed by atoms with E-state index in [1.54, 1.807) is 7.11 Å². The first-order valence-corrected chi connectivity index (χ1v) is 5.19. The molecule has 0 aliphatic rings. The second-order valence-electron chi connectivity index (χ2n) is 3.45. The molecule has 16 heavy (non-hydrogen) atoms. The topological polar surface area (TPSA) is 55.8 Å². The van der Waals surface area contributed by atoms with Crippen molar-refractivity contribution in [2.45, 2.75) is 26.4 Å². The second kappa shape index (κ2) is 6.00. The minimum Gasteiger partial charge on any atom is -0.496 e. The molecule has 0 aliphatic heterocycles. The van der Waals surface area contributed by atoms with Crippen molar-refractivity contribution in [3.8, 4) is 5.75 Å². The molecule has 0 heterocycles. The molecule has 0 aliphatic carbocycles. The molecule has 1 aromatic rings. The molecule has 0 unspecified atom stereocenters.